The number of nitrogens with zero attached hydrogens (tertiary/aromatic N) is 1. The van der Waals surface area contributed by atoms with E-state index in [2.05, 4.69) is 11.4 Å². The van der Waals surface area contributed by atoms with Gasteiger partial charge in [0.25, 0.3) is 5.91 Å². The molecule has 1 saturated heterocycles. The molecule has 2 aliphatic heterocycles. The van der Waals surface area contributed by atoms with Gasteiger partial charge in [-0.1, -0.05) is 24.3 Å². The Morgan fingerprint density at radius 2 is 2.05 bits per heavy atom. The van der Waals surface area contributed by atoms with Gasteiger partial charge in [0.2, 0.25) is 11.8 Å². The highest BCUT2D eigenvalue weighted by atomic mass is 16.2. The van der Waals surface area contributed by atoms with E-state index in [1.807, 2.05) is 24.3 Å². The molecule has 1 fully saturated rings. The van der Waals surface area contributed by atoms with Crippen LogP contribution in [0.5, 0.6) is 0 Å². The lowest BCUT2D eigenvalue weighted by Crippen LogP contribution is -2.52. The van der Waals surface area contributed by atoms with Crippen LogP contribution in [0.2, 0.25) is 0 Å². The molecule has 1 aromatic carbocycles. The van der Waals surface area contributed by atoms with Crippen molar-refractivity contribution in [3.05, 3.63) is 46.4 Å². The molecule has 1 atom stereocenters. The SMILES string of the molecule is O=C1CCC(N2C(=O)c3cccc4c3=C2C=CCC=4)C(=O)N1. The summed E-state index contributed by atoms with van der Waals surface area (Å²) >= 11 is 0. The van der Waals surface area contributed by atoms with Crippen molar-refractivity contribution in [2.75, 3.05) is 0 Å². The average Bonchev–Trinajstić information content (AvgIpc) is 2.66. The molecule has 5 nitrogen and oxygen atoms in total. The molecule has 5 heteroatoms. The van der Waals surface area contributed by atoms with Crippen LogP contribution < -0.4 is 15.8 Å². The molecule has 0 spiro atoms. The Balaban J connectivity index is 1.89. The fourth-order valence-corrected chi connectivity index (χ4v) is 3.34. The lowest BCUT2D eigenvalue weighted by atomic mass is 10.0. The summed E-state index contributed by atoms with van der Waals surface area (Å²) in [7, 11) is 0. The predicted molar refractivity (Wildman–Crippen MR) is 79.7 cm³/mol. The molecule has 1 unspecified atom stereocenters. The third kappa shape index (κ3) is 1.75. The number of benzene rings is 1. The first-order valence-corrected chi connectivity index (χ1v) is 7.34. The van der Waals surface area contributed by atoms with Crippen LogP contribution in [0.1, 0.15) is 29.6 Å². The molecule has 1 N–H and O–H groups in total. The number of carbonyl (C=O) groups excluding carboxylic acids is 3. The second kappa shape index (κ2) is 4.66. The van der Waals surface area contributed by atoms with Crippen LogP contribution >= 0.6 is 0 Å². The summed E-state index contributed by atoms with van der Waals surface area (Å²) in [6, 6.07) is 5.01. The molecule has 2 heterocycles. The Labute approximate surface area is 126 Å². The minimum Gasteiger partial charge on any atom is -0.295 e. The molecule has 22 heavy (non-hydrogen) atoms. The molecule has 110 valence electrons. The summed E-state index contributed by atoms with van der Waals surface area (Å²) < 4.78 is 0. The monoisotopic (exact) mass is 294 g/mol. The van der Waals surface area contributed by atoms with E-state index in [0.29, 0.717) is 12.0 Å². The summed E-state index contributed by atoms with van der Waals surface area (Å²) in [5.74, 6) is -0.838. The number of hydrogen-bond donors (Lipinski definition) is 1. The second-order valence-corrected chi connectivity index (χ2v) is 5.64. The number of rotatable bonds is 1. The molecule has 1 aromatic rings. The van der Waals surface area contributed by atoms with Gasteiger partial charge in [-0.05, 0) is 30.2 Å². The number of nitrogens with one attached hydrogen (secondary N) is 1. The summed E-state index contributed by atoms with van der Waals surface area (Å²) in [6.45, 7) is 0. The maximum atomic E-state index is 12.8. The van der Waals surface area contributed by atoms with Crippen molar-refractivity contribution < 1.29 is 14.4 Å². The molecule has 0 bridgehead atoms. The number of allylic oxidation sites excluding steroid dienone is 1. The Bertz CT molecular complexity index is 866. The van der Waals surface area contributed by atoms with Gasteiger partial charge >= 0.3 is 0 Å². The van der Waals surface area contributed by atoms with Gasteiger partial charge in [0.05, 0.1) is 5.70 Å². The van der Waals surface area contributed by atoms with Crippen LogP contribution in [0.3, 0.4) is 0 Å². The standard InChI is InChI=1S/C17H14N2O3/c20-14-9-8-13(16(21)18-14)19-12-7-2-1-4-10-5-3-6-11(15(10)12)17(19)22/h2-7,13H,1,8-9H2,(H,18,20,21). The van der Waals surface area contributed by atoms with Crippen molar-refractivity contribution in [2.45, 2.75) is 25.3 Å². The number of imide groups is 1. The first-order valence-electron chi connectivity index (χ1n) is 7.34. The molecule has 4 rings (SSSR count). The molecule has 3 amide bonds. The van der Waals surface area contributed by atoms with Gasteiger partial charge in [-0.25, -0.2) is 0 Å². The van der Waals surface area contributed by atoms with E-state index in [1.165, 1.54) is 0 Å². The predicted octanol–water partition coefficient (Wildman–Crippen LogP) is -0.204. The smallest absolute Gasteiger partial charge is 0.259 e. The van der Waals surface area contributed by atoms with Gasteiger partial charge in [0.1, 0.15) is 6.04 Å². The maximum Gasteiger partial charge on any atom is 0.259 e. The number of amides is 3. The molecular weight excluding hydrogens is 280 g/mol. The molecule has 0 aromatic heterocycles. The molecule has 0 radical (unpaired) electrons. The van der Waals surface area contributed by atoms with Gasteiger partial charge in [0, 0.05) is 17.2 Å². The van der Waals surface area contributed by atoms with Crippen LogP contribution in [-0.4, -0.2) is 28.7 Å². The average molecular weight is 294 g/mol. The van der Waals surface area contributed by atoms with E-state index in [1.54, 1.807) is 11.0 Å². The van der Waals surface area contributed by atoms with Crippen LogP contribution in [-0.2, 0) is 9.59 Å². The Morgan fingerprint density at radius 1 is 1.18 bits per heavy atom. The van der Waals surface area contributed by atoms with E-state index < -0.39 is 11.9 Å². The van der Waals surface area contributed by atoms with Crippen LogP contribution in [0.4, 0.5) is 0 Å². The summed E-state index contributed by atoms with van der Waals surface area (Å²) in [6.07, 6.45) is 7.37. The van der Waals surface area contributed by atoms with Gasteiger partial charge in [0.15, 0.2) is 0 Å². The lowest BCUT2D eigenvalue weighted by Gasteiger charge is -2.30. The molecule has 1 aliphatic carbocycles. The van der Waals surface area contributed by atoms with Crippen molar-refractivity contribution in [1.82, 2.24) is 10.2 Å². The van der Waals surface area contributed by atoms with Gasteiger partial charge in [-0.15, -0.1) is 0 Å². The zero-order chi connectivity index (χ0) is 15.3. The van der Waals surface area contributed by atoms with E-state index >= 15 is 0 Å². The minimum absolute atomic E-state index is 0.165. The summed E-state index contributed by atoms with van der Waals surface area (Å²) in [5, 5.41) is 4.24. The van der Waals surface area contributed by atoms with Gasteiger partial charge < -0.3 is 0 Å². The zero-order valence-electron chi connectivity index (χ0n) is 11.8. The highest BCUT2D eigenvalue weighted by Gasteiger charge is 2.39. The highest BCUT2D eigenvalue weighted by Crippen LogP contribution is 2.25. The van der Waals surface area contributed by atoms with E-state index in [9.17, 15) is 14.4 Å². The molecule has 3 aliphatic rings. The fourth-order valence-electron chi connectivity index (χ4n) is 3.34. The molecular formula is C17H14N2O3. The third-order valence-electron chi connectivity index (χ3n) is 4.33. The third-order valence-corrected chi connectivity index (χ3v) is 4.33. The van der Waals surface area contributed by atoms with E-state index in [0.717, 1.165) is 22.6 Å². The summed E-state index contributed by atoms with van der Waals surface area (Å²) in [4.78, 5) is 37.8. The van der Waals surface area contributed by atoms with Crippen LogP contribution in [0.15, 0.2) is 30.4 Å². The first-order chi connectivity index (χ1) is 10.7. The second-order valence-electron chi connectivity index (χ2n) is 5.64. The molecule has 0 saturated carbocycles. The van der Waals surface area contributed by atoms with E-state index in [4.69, 9.17) is 0 Å². The quantitative estimate of drug-likeness (QED) is 0.729. The highest BCUT2D eigenvalue weighted by molar-refractivity contribution is 6.09. The largest absolute Gasteiger partial charge is 0.295 e. The lowest BCUT2D eigenvalue weighted by molar-refractivity contribution is -0.136. The van der Waals surface area contributed by atoms with Crippen molar-refractivity contribution in [2.24, 2.45) is 0 Å². The fraction of sp³-hybridized carbons (Fsp3) is 0.235. The summed E-state index contributed by atoms with van der Waals surface area (Å²) in [5.41, 5.74) is 1.39. The van der Waals surface area contributed by atoms with Crippen LogP contribution in [0, 0.1) is 0 Å². The van der Waals surface area contributed by atoms with Crippen molar-refractivity contribution in [3.63, 3.8) is 0 Å². The first kappa shape index (κ1) is 13.0. The Kier molecular flexibility index (Phi) is 2.76. The maximum absolute atomic E-state index is 12.8. The normalized spacial score (nSPS) is 23.1. The number of piperidine rings is 1. The van der Waals surface area contributed by atoms with Gasteiger partial charge in [-0.2, -0.15) is 0 Å². The minimum atomic E-state index is -0.622. The van der Waals surface area contributed by atoms with Crippen molar-refractivity contribution in [1.29, 1.82) is 0 Å². The van der Waals surface area contributed by atoms with Crippen molar-refractivity contribution >= 4 is 29.5 Å². The number of hydrogen-bond acceptors (Lipinski definition) is 3. The van der Waals surface area contributed by atoms with Gasteiger partial charge in [-0.3, -0.25) is 24.6 Å². The Morgan fingerprint density at radius 3 is 2.86 bits per heavy atom. The van der Waals surface area contributed by atoms with Crippen molar-refractivity contribution in [3.8, 4) is 0 Å². The van der Waals surface area contributed by atoms with E-state index in [-0.39, 0.29) is 18.2 Å². The number of carbonyl (C=O) groups is 3. The van der Waals surface area contributed by atoms with Crippen LogP contribution in [0.25, 0.3) is 11.8 Å². The zero-order valence-corrected chi connectivity index (χ0v) is 11.8. The Hall–Kier alpha value is -2.69. The topological polar surface area (TPSA) is 66.5 Å².